The molecular formula is C24H33N5O4. The Morgan fingerprint density at radius 2 is 1.88 bits per heavy atom. The molecule has 0 aliphatic carbocycles. The summed E-state index contributed by atoms with van der Waals surface area (Å²) in [5, 5.41) is 0. The maximum Gasteiger partial charge on any atom is 0.410 e. The van der Waals surface area contributed by atoms with Crippen LogP contribution < -0.4 is 4.90 Å². The van der Waals surface area contributed by atoms with Crippen molar-refractivity contribution < 1.29 is 19.1 Å². The standard InChI is InChI=1S/C24H33N5O4/c1-24(2,3)33-23(31)29-8-6-7-19(29)17-13-16(22(30)27(4)5)14-18-21(17)26-20(15-25-18)28-9-11-32-12-10-28/h13-15,19H,6-12H2,1-5H3. The van der Waals surface area contributed by atoms with E-state index in [-0.39, 0.29) is 18.0 Å². The van der Waals surface area contributed by atoms with Crippen molar-refractivity contribution in [3.05, 3.63) is 29.5 Å². The highest BCUT2D eigenvalue weighted by atomic mass is 16.6. The Labute approximate surface area is 194 Å². The van der Waals surface area contributed by atoms with Gasteiger partial charge in [-0.1, -0.05) is 0 Å². The van der Waals surface area contributed by atoms with Crippen LogP contribution in [0.3, 0.4) is 0 Å². The molecule has 3 heterocycles. The lowest BCUT2D eigenvalue weighted by Crippen LogP contribution is -2.37. The molecule has 0 N–H and O–H groups in total. The van der Waals surface area contributed by atoms with Gasteiger partial charge in [-0.2, -0.15) is 0 Å². The first kappa shape index (κ1) is 23.2. The van der Waals surface area contributed by atoms with Gasteiger partial charge >= 0.3 is 6.09 Å². The maximum atomic E-state index is 13.0. The molecule has 1 unspecified atom stereocenters. The van der Waals surface area contributed by atoms with Crippen LogP contribution in [-0.4, -0.2) is 84.3 Å². The van der Waals surface area contributed by atoms with E-state index in [0.717, 1.165) is 42.8 Å². The molecule has 33 heavy (non-hydrogen) atoms. The van der Waals surface area contributed by atoms with Crippen LogP contribution in [0.4, 0.5) is 10.6 Å². The Balaban J connectivity index is 1.80. The van der Waals surface area contributed by atoms with Crippen LogP contribution in [0.25, 0.3) is 11.0 Å². The number of fused-ring (bicyclic) bond motifs is 1. The third-order valence-electron chi connectivity index (χ3n) is 5.89. The fraction of sp³-hybridized carbons (Fsp3) is 0.583. The van der Waals surface area contributed by atoms with Crippen molar-refractivity contribution in [2.45, 2.75) is 45.3 Å². The summed E-state index contributed by atoms with van der Waals surface area (Å²) in [4.78, 5) is 40.9. The SMILES string of the molecule is CN(C)C(=O)c1cc(C2CCCN2C(=O)OC(C)(C)C)c2nc(N3CCOCC3)cnc2c1. The van der Waals surface area contributed by atoms with Crippen molar-refractivity contribution in [3.8, 4) is 0 Å². The molecule has 2 fully saturated rings. The summed E-state index contributed by atoms with van der Waals surface area (Å²) < 4.78 is 11.1. The molecule has 1 atom stereocenters. The topological polar surface area (TPSA) is 88.1 Å². The van der Waals surface area contributed by atoms with Crippen molar-refractivity contribution >= 4 is 28.9 Å². The second-order valence-electron chi connectivity index (χ2n) is 9.79. The first-order valence-corrected chi connectivity index (χ1v) is 11.5. The number of anilines is 1. The van der Waals surface area contributed by atoms with Crippen LogP contribution >= 0.6 is 0 Å². The number of carbonyl (C=O) groups excluding carboxylic acids is 2. The van der Waals surface area contributed by atoms with Gasteiger partial charge in [0.15, 0.2) is 0 Å². The Hall–Kier alpha value is -2.94. The van der Waals surface area contributed by atoms with Crippen molar-refractivity contribution in [2.24, 2.45) is 0 Å². The van der Waals surface area contributed by atoms with E-state index in [2.05, 4.69) is 9.88 Å². The summed E-state index contributed by atoms with van der Waals surface area (Å²) in [5.41, 5.74) is 2.15. The molecule has 2 aliphatic rings. The van der Waals surface area contributed by atoms with Crippen LogP contribution in [0, 0.1) is 0 Å². The average Bonchev–Trinajstić information content (AvgIpc) is 3.27. The van der Waals surface area contributed by atoms with E-state index < -0.39 is 5.60 Å². The zero-order valence-corrected chi connectivity index (χ0v) is 20.1. The predicted molar refractivity (Wildman–Crippen MR) is 126 cm³/mol. The lowest BCUT2D eigenvalue weighted by molar-refractivity contribution is 0.0225. The summed E-state index contributed by atoms with van der Waals surface area (Å²) in [6, 6.07) is 3.42. The Kier molecular flexibility index (Phi) is 6.43. The third-order valence-corrected chi connectivity index (χ3v) is 5.89. The first-order chi connectivity index (χ1) is 15.6. The minimum atomic E-state index is -0.585. The molecule has 2 saturated heterocycles. The number of amides is 2. The number of rotatable bonds is 3. The summed E-state index contributed by atoms with van der Waals surface area (Å²) in [5.74, 6) is 0.666. The lowest BCUT2D eigenvalue weighted by Gasteiger charge is -2.30. The number of hydrogen-bond acceptors (Lipinski definition) is 7. The molecule has 2 aromatic rings. The van der Waals surface area contributed by atoms with Crippen LogP contribution in [0.2, 0.25) is 0 Å². The fourth-order valence-corrected chi connectivity index (χ4v) is 4.34. The largest absolute Gasteiger partial charge is 0.444 e. The van der Waals surface area contributed by atoms with Crippen LogP contribution in [-0.2, 0) is 9.47 Å². The van der Waals surface area contributed by atoms with Gasteiger partial charge in [0, 0.05) is 44.9 Å². The predicted octanol–water partition coefficient (Wildman–Crippen LogP) is 3.24. The number of ether oxygens (including phenoxy) is 2. The number of likely N-dealkylation sites (tertiary alicyclic amines) is 1. The second kappa shape index (κ2) is 9.13. The highest BCUT2D eigenvalue weighted by Gasteiger charge is 2.35. The van der Waals surface area contributed by atoms with Gasteiger partial charge in [0.05, 0.1) is 36.5 Å². The lowest BCUT2D eigenvalue weighted by atomic mass is 9.99. The smallest absolute Gasteiger partial charge is 0.410 e. The number of benzene rings is 1. The maximum absolute atomic E-state index is 13.0. The first-order valence-electron chi connectivity index (χ1n) is 11.5. The summed E-state index contributed by atoms with van der Waals surface area (Å²) in [7, 11) is 3.45. The molecule has 9 nitrogen and oxygen atoms in total. The second-order valence-corrected chi connectivity index (χ2v) is 9.79. The van der Waals surface area contributed by atoms with Crippen molar-refractivity contribution in [3.63, 3.8) is 0 Å². The monoisotopic (exact) mass is 455 g/mol. The van der Waals surface area contributed by atoms with E-state index in [1.165, 1.54) is 0 Å². The van der Waals surface area contributed by atoms with E-state index in [1.54, 1.807) is 36.2 Å². The van der Waals surface area contributed by atoms with Gasteiger partial charge in [-0.05, 0) is 45.7 Å². The molecule has 0 radical (unpaired) electrons. The molecule has 2 aliphatic heterocycles. The molecule has 0 saturated carbocycles. The van der Waals surface area contributed by atoms with E-state index in [9.17, 15) is 9.59 Å². The number of morpholine rings is 1. The minimum absolute atomic E-state index is 0.112. The van der Waals surface area contributed by atoms with E-state index in [4.69, 9.17) is 14.5 Å². The van der Waals surface area contributed by atoms with Gasteiger partial charge in [0.2, 0.25) is 0 Å². The average molecular weight is 456 g/mol. The van der Waals surface area contributed by atoms with Crippen molar-refractivity contribution in [1.82, 2.24) is 19.8 Å². The molecule has 4 rings (SSSR count). The van der Waals surface area contributed by atoms with Gasteiger partial charge in [0.25, 0.3) is 5.91 Å². The van der Waals surface area contributed by atoms with Crippen LogP contribution in [0.1, 0.15) is 55.6 Å². The number of aromatic nitrogens is 2. The highest BCUT2D eigenvalue weighted by Crippen LogP contribution is 2.37. The van der Waals surface area contributed by atoms with Crippen LogP contribution in [0.15, 0.2) is 18.3 Å². The number of hydrogen-bond donors (Lipinski definition) is 0. The highest BCUT2D eigenvalue weighted by molar-refractivity contribution is 5.98. The van der Waals surface area contributed by atoms with Crippen molar-refractivity contribution in [1.29, 1.82) is 0 Å². The third kappa shape index (κ3) is 5.03. The zero-order chi connectivity index (χ0) is 23.8. The van der Waals surface area contributed by atoms with Crippen molar-refractivity contribution in [2.75, 3.05) is 51.8 Å². The molecule has 0 spiro atoms. The molecule has 9 heteroatoms. The van der Waals surface area contributed by atoms with Gasteiger partial charge in [-0.3, -0.25) is 9.78 Å². The quantitative estimate of drug-likeness (QED) is 0.702. The fourth-order valence-electron chi connectivity index (χ4n) is 4.34. The molecule has 178 valence electrons. The number of carbonyl (C=O) groups is 2. The summed E-state index contributed by atoms with van der Waals surface area (Å²) in [6.07, 6.45) is 3.03. The number of nitrogens with zero attached hydrogens (tertiary/aromatic N) is 5. The molecular weight excluding hydrogens is 422 g/mol. The van der Waals surface area contributed by atoms with Gasteiger partial charge in [-0.15, -0.1) is 0 Å². The Morgan fingerprint density at radius 3 is 2.55 bits per heavy atom. The van der Waals surface area contributed by atoms with E-state index in [1.807, 2.05) is 26.8 Å². The van der Waals surface area contributed by atoms with Gasteiger partial charge in [0.1, 0.15) is 11.4 Å². The van der Waals surface area contributed by atoms with E-state index >= 15 is 0 Å². The van der Waals surface area contributed by atoms with E-state index in [0.29, 0.717) is 30.8 Å². The molecule has 2 amide bonds. The molecule has 1 aromatic heterocycles. The zero-order valence-electron chi connectivity index (χ0n) is 20.1. The normalized spacial score (nSPS) is 19.1. The Morgan fingerprint density at radius 1 is 1.15 bits per heavy atom. The molecule has 1 aromatic carbocycles. The molecule has 0 bridgehead atoms. The van der Waals surface area contributed by atoms with Gasteiger partial charge in [-0.25, -0.2) is 9.78 Å². The Bertz CT molecular complexity index is 1040. The van der Waals surface area contributed by atoms with Gasteiger partial charge < -0.3 is 24.2 Å². The summed E-state index contributed by atoms with van der Waals surface area (Å²) >= 11 is 0. The minimum Gasteiger partial charge on any atom is -0.444 e. The van der Waals surface area contributed by atoms with Crippen LogP contribution in [0.5, 0.6) is 0 Å². The summed E-state index contributed by atoms with van der Waals surface area (Å²) in [6.45, 7) is 8.99.